The Hall–Kier alpha value is -1.89. The van der Waals surface area contributed by atoms with Crippen LogP contribution in [0, 0.1) is 0 Å². The van der Waals surface area contributed by atoms with Crippen molar-refractivity contribution < 1.29 is 18.3 Å². The van der Waals surface area contributed by atoms with Crippen LogP contribution < -0.4 is 10.5 Å². The van der Waals surface area contributed by atoms with Crippen LogP contribution in [0.25, 0.3) is 0 Å². The molecule has 3 rings (SSSR count). The fourth-order valence-electron chi connectivity index (χ4n) is 3.04. The molecule has 0 saturated carbocycles. The zero-order valence-corrected chi connectivity index (χ0v) is 15.0. The van der Waals surface area contributed by atoms with E-state index in [9.17, 15) is 13.5 Å². The molecule has 0 spiro atoms. The minimum Gasteiger partial charge on any atom is -0.490 e. The Kier molecular flexibility index (Phi) is 4.86. The van der Waals surface area contributed by atoms with Gasteiger partial charge in [0.05, 0.1) is 16.4 Å². The Labute approximate surface area is 148 Å². The molecule has 0 amide bonds. The Morgan fingerprint density at radius 1 is 1.20 bits per heavy atom. The highest BCUT2D eigenvalue weighted by molar-refractivity contribution is 7.91. The van der Waals surface area contributed by atoms with Crippen molar-refractivity contribution in [2.45, 2.75) is 47.6 Å². The van der Waals surface area contributed by atoms with Gasteiger partial charge in [-0.2, -0.15) is 0 Å². The van der Waals surface area contributed by atoms with E-state index >= 15 is 0 Å². The molecule has 6 heteroatoms. The molecular weight excluding hydrogens is 338 g/mol. The third-order valence-corrected chi connectivity index (χ3v) is 6.25. The average Bonchev–Trinajstić information content (AvgIpc) is 2.61. The maximum atomic E-state index is 12.8. The van der Waals surface area contributed by atoms with Crippen molar-refractivity contribution in [3.05, 3.63) is 54.1 Å². The molecule has 0 fully saturated rings. The highest BCUT2D eigenvalue weighted by atomic mass is 32.2. The summed E-state index contributed by atoms with van der Waals surface area (Å²) in [6, 6.07) is 13.4. The van der Waals surface area contributed by atoms with Crippen LogP contribution in [0.3, 0.4) is 0 Å². The maximum Gasteiger partial charge on any atom is 0.206 e. The summed E-state index contributed by atoms with van der Waals surface area (Å²) < 4.78 is 31.5. The van der Waals surface area contributed by atoms with Crippen LogP contribution in [0.5, 0.6) is 5.75 Å². The van der Waals surface area contributed by atoms with Crippen molar-refractivity contribution in [2.75, 3.05) is 6.61 Å². The van der Waals surface area contributed by atoms with Gasteiger partial charge >= 0.3 is 0 Å². The van der Waals surface area contributed by atoms with Gasteiger partial charge in [-0.1, -0.05) is 24.3 Å². The molecule has 2 aromatic rings. The summed E-state index contributed by atoms with van der Waals surface area (Å²) in [5, 5.41) is 9.34. The fraction of sp³-hybridized carbons (Fsp3) is 0.368. The van der Waals surface area contributed by atoms with Crippen molar-refractivity contribution in [3.8, 4) is 5.75 Å². The number of aliphatic hydroxyl groups is 1. The highest BCUT2D eigenvalue weighted by Crippen LogP contribution is 2.33. The number of sulfone groups is 1. The first-order chi connectivity index (χ1) is 11.8. The second-order valence-electron chi connectivity index (χ2n) is 6.88. The molecule has 1 aliphatic rings. The van der Waals surface area contributed by atoms with Crippen molar-refractivity contribution in [1.82, 2.24) is 0 Å². The summed E-state index contributed by atoms with van der Waals surface area (Å²) in [7, 11) is -3.57. The maximum absolute atomic E-state index is 12.8. The molecule has 2 atom stereocenters. The second-order valence-corrected chi connectivity index (χ2v) is 8.83. The number of aryl methyl sites for hydroxylation is 1. The molecule has 0 bridgehead atoms. The van der Waals surface area contributed by atoms with Gasteiger partial charge in [0, 0.05) is 12.0 Å². The lowest BCUT2D eigenvalue weighted by atomic mass is 9.91. The number of benzene rings is 2. The SMILES string of the molecule is C[C@](N)(CO)CC1CCc2ccc(S(=O)(=O)c3ccccc3)cc2O1. The van der Waals surface area contributed by atoms with Gasteiger partial charge in [-0.05, 0) is 49.6 Å². The van der Waals surface area contributed by atoms with Crippen molar-refractivity contribution in [3.63, 3.8) is 0 Å². The van der Waals surface area contributed by atoms with Gasteiger partial charge in [0.2, 0.25) is 9.84 Å². The van der Waals surface area contributed by atoms with Crippen molar-refractivity contribution in [2.24, 2.45) is 5.73 Å². The Morgan fingerprint density at radius 2 is 1.92 bits per heavy atom. The molecule has 1 aliphatic heterocycles. The van der Waals surface area contributed by atoms with Gasteiger partial charge in [0.25, 0.3) is 0 Å². The van der Waals surface area contributed by atoms with Crippen LogP contribution in [0.1, 0.15) is 25.3 Å². The van der Waals surface area contributed by atoms with E-state index < -0.39 is 15.4 Å². The number of aliphatic hydroxyl groups excluding tert-OH is 1. The van der Waals surface area contributed by atoms with Gasteiger partial charge in [-0.25, -0.2) is 8.42 Å². The van der Waals surface area contributed by atoms with E-state index in [1.807, 2.05) is 6.07 Å². The Balaban J connectivity index is 1.88. The number of ether oxygens (including phenoxy) is 1. The first-order valence-corrected chi connectivity index (χ1v) is 9.80. The lowest BCUT2D eigenvalue weighted by Gasteiger charge is -2.32. The van der Waals surface area contributed by atoms with Gasteiger partial charge in [-0.3, -0.25) is 0 Å². The molecule has 0 saturated heterocycles. The van der Waals surface area contributed by atoms with E-state index in [1.165, 1.54) is 0 Å². The van der Waals surface area contributed by atoms with E-state index in [4.69, 9.17) is 10.5 Å². The summed E-state index contributed by atoms with van der Waals surface area (Å²) >= 11 is 0. The van der Waals surface area contributed by atoms with E-state index in [-0.39, 0.29) is 22.5 Å². The lowest BCUT2D eigenvalue weighted by Crippen LogP contribution is -2.45. The minimum absolute atomic E-state index is 0.123. The first kappa shape index (κ1) is 17.9. The van der Waals surface area contributed by atoms with Gasteiger partial charge in [0.1, 0.15) is 11.9 Å². The van der Waals surface area contributed by atoms with E-state index in [0.29, 0.717) is 12.2 Å². The quantitative estimate of drug-likeness (QED) is 0.853. The smallest absolute Gasteiger partial charge is 0.206 e. The van der Waals surface area contributed by atoms with Gasteiger partial charge < -0.3 is 15.6 Å². The summed E-state index contributed by atoms with van der Waals surface area (Å²) in [6.07, 6.45) is 1.97. The van der Waals surface area contributed by atoms with Crippen LogP contribution in [0.15, 0.2) is 58.3 Å². The van der Waals surface area contributed by atoms with Gasteiger partial charge in [0.15, 0.2) is 0 Å². The summed E-state index contributed by atoms with van der Waals surface area (Å²) in [6.45, 7) is 1.66. The van der Waals surface area contributed by atoms with E-state index in [1.54, 1.807) is 49.4 Å². The average molecular weight is 361 g/mol. The predicted molar refractivity (Wildman–Crippen MR) is 95.4 cm³/mol. The molecule has 25 heavy (non-hydrogen) atoms. The number of nitrogens with two attached hydrogens (primary N) is 1. The van der Waals surface area contributed by atoms with E-state index in [0.717, 1.165) is 18.4 Å². The third kappa shape index (κ3) is 3.86. The van der Waals surface area contributed by atoms with Crippen LogP contribution in [-0.4, -0.2) is 31.8 Å². The largest absolute Gasteiger partial charge is 0.490 e. The van der Waals surface area contributed by atoms with Crippen molar-refractivity contribution in [1.29, 1.82) is 0 Å². The summed E-state index contributed by atoms with van der Waals surface area (Å²) in [5.74, 6) is 0.585. The first-order valence-electron chi connectivity index (χ1n) is 8.31. The Bertz CT molecular complexity index is 847. The lowest BCUT2D eigenvalue weighted by molar-refractivity contribution is 0.108. The summed E-state index contributed by atoms with van der Waals surface area (Å²) in [4.78, 5) is 0.480. The molecule has 134 valence electrons. The third-order valence-electron chi connectivity index (χ3n) is 4.49. The number of hydrogen-bond donors (Lipinski definition) is 2. The Morgan fingerprint density at radius 3 is 2.60 bits per heavy atom. The number of rotatable bonds is 5. The van der Waals surface area contributed by atoms with Crippen molar-refractivity contribution >= 4 is 9.84 Å². The van der Waals surface area contributed by atoms with Crippen LogP contribution in [0.4, 0.5) is 0 Å². The van der Waals surface area contributed by atoms with Gasteiger partial charge in [-0.15, -0.1) is 0 Å². The standard InChI is InChI=1S/C19H23NO4S/c1-19(20,13-21)12-15-9-7-14-8-10-17(11-18(14)24-15)25(22,23)16-5-3-2-4-6-16/h2-6,8,10-11,15,21H,7,9,12-13,20H2,1H3/t15?,19-/m1/s1. The van der Waals surface area contributed by atoms with E-state index in [2.05, 4.69) is 0 Å². The molecule has 0 aliphatic carbocycles. The molecule has 5 nitrogen and oxygen atoms in total. The minimum atomic E-state index is -3.57. The summed E-state index contributed by atoms with van der Waals surface area (Å²) in [5.41, 5.74) is 6.30. The highest BCUT2D eigenvalue weighted by Gasteiger charge is 2.29. The molecule has 0 radical (unpaired) electrons. The topological polar surface area (TPSA) is 89.6 Å². The number of fused-ring (bicyclic) bond motifs is 1. The van der Waals surface area contributed by atoms with Crippen LogP contribution >= 0.6 is 0 Å². The molecule has 2 aromatic carbocycles. The molecule has 0 aromatic heterocycles. The zero-order chi connectivity index (χ0) is 18.1. The number of hydrogen-bond acceptors (Lipinski definition) is 5. The molecule has 1 unspecified atom stereocenters. The predicted octanol–water partition coefficient (Wildman–Crippen LogP) is 2.31. The molecule has 3 N–H and O–H groups in total. The molecular formula is C19H23NO4S. The normalized spacial score (nSPS) is 19.6. The van der Waals surface area contributed by atoms with Crippen LogP contribution in [0.2, 0.25) is 0 Å². The fourth-order valence-corrected chi connectivity index (χ4v) is 4.33. The monoisotopic (exact) mass is 361 g/mol. The second kappa shape index (κ2) is 6.78. The molecule has 1 heterocycles. The zero-order valence-electron chi connectivity index (χ0n) is 14.2. The van der Waals surface area contributed by atoms with Crippen LogP contribution in [-0.2, 0) is 16.3 Å².